The minimum Gasteiger partial charge on any atom is -0.481 e. The van der Waals surface area contributed by atoms with Gasteiger partial charge in [0.2, 0.25) is 0 Å². The van der Waals surface area contributed by atoms with Gasteiger partial charge in [-0.25, -0.2) is 0 Å². The molecule has 1 aromatic heterocycles. The summed E-state index contributed by atoms with van der Waals surface area (Å²) < 4.78 is 2.95. The molecule has 0 saturated carbocycles. The summed E-state index contributed by atoms with van der Waals surface area (Å²) in [5.41, 5.74) is 2.09. The molecule has 0 unspecified atom stereocenters. The van der Waals surface area contributed by atoms with Crippen LogP contribution in [-0.4, -0.2) is 31.6 Å². The van der Waals surface area contributed by atoms with E-state index < -0.39 is 5.97 Å². The highest BCUT2D eigenvalue weighted by Crippen LogP contribution is 2.31. The summed E-state index contributed by atoms with van der Waals surface area (Å²) in [7, 11) is 0. The van der Waals surface area contributed by atoms with Gasteiger partial charge in [0, 0.05) is 16.1 Å². The first kappa shape index (κ1) is 16.0. The maximum Gasteiger partial charge on any atom is 0.313 e. The van der Waals surface area contributed by atoms with Crippen molar-refractivity contribution in [1.82, 2.24) is 14.8 Å². The molecular formula is C14H16BrN3O2S. The van der Waals surface area contributed by atoms with E-state index in [0.717, 1.165) is 21.4 Å². The number of hydrogen-bond donors (Lipinski definition) is 1. The Balaban J connectivity index is 2.49. The van der Waals surface area contributed by atoms with Crippen molar-refractivity contribution in [1.29, 1.82) is 0 Å². The van der Waals surface area contributed by atoms with E-state index in [1.165, 1.54) is 11.8 Å². The molecule has 7 heteroatoms. The monoisotopic (exact) mass is 369 g/mol. The number of thioether (sulfide) groups is 1. The van der Waals surface area contributed by atoms with E-state index in [-0.39, 0.29) is 11.8 Å². The van der Waals surface area contributed by atoms with Crippen LogP contribution in [0.2, 0.25) is 0 Å². The van der Waals surface area contributed by atoms with Gasteiger partial charge in [0.1, 0.15) is 0 Å². The van der Waals surface area contributed by atoms with Gasteiger partial charge >= 0.3 is 5.97 Å². The number of nitrogens with zero attached hydrogens (tertiary/aromatic N) is 3. The zero-order valence-electron chi connectivity index (χ0n) is 12.0. The standard InChI is InChI=1S/C14H16BrN3O2S/c1-8(2)18-13(11-6-10(15)5-4-9(11)3)16-17-14(18)21-7-12(19)20/h4-6,8H,7H2,1-3H3,(H,19,20). The van der Waals surface area contributed by atoms with Crippen LogP contribution in [0.4, 0.5) is 0 Å². The SMILES string of the molecule is Cc1ccc(Br)cc1-c1nnc(SCC(=O)O)n1C(C)C. The molecule has 21 heavy (non-hydrogen) atoms. The predicted molar refractivity (Wildman–Crippen MR) is 86.6 cm³/mol. The van der Waals surface area contributed by atoms with Gasteiger partial charge in [-0.2, -0.15) is 0 Å². The first-order chi connectivity index (χ1) is 9.90. The predicted octanol–water partition coefficient (Wildman–Crippen LogP) is 3.77. The van der Waals surface area contributed by atoms with E-state index >= 15 is 0 Å². The zero-order chi connectivity index (χ0) is 15.6. The Kier molecular flexibility index (Phi) is 5.05. The van der Waals surface area contributed by atoms with Gasteiger partial charge in [-0.3, -0.25) is 9.36 Å². The third kappa shape index (κ3) is 3.65. The van der Waals surface area contributed by atoms with Crippen molar-refractivity contribution in [2.75, 3.05) is 5.75 Å². The van der Waals surface area contributed by atoms with Gasteiger partial charge in [-0.05, 0) is 38.5 Å². The normalized spacial score (nSPS) is 11.1. The number of rotatable bonds is 5. The van der Waals surface area contributed by atoms with Crippen LogP contribution in [0.25, 0.3) is 11.4 Å². The van der Waals surface area contributed by atoms with Gasteiger partial charge in [0.25, 0.3) is 0 Å². The Bertz CT molecular complexity index is 670. The molecule has 0 radical (unpaired) electrons. The second-order valence-electron chi connectivity index (χ2n) is 4.91. The van der Waals surface area contributed by atoms with Crippen molar-refractivity contribution in [3.8, 4) is 11.4 Å². The van der Waals surface area contributed by atoms with E-state index in [9.17, 15) is 4.79 Å². The summed E-state index contributed by atoms with van der Waals surface area (Å²) in [4.78, 5) is 10.7. The highest BCUT2D eigenvalue weighted by Gasteiger charge is 2.19. The summed E-state index contributed by atoms with van der Waals surface area (Å²) in [6, 6.07) is 6.14. The van der Waals surface area contributed by atoms with Crippen LogP contribution in [0.3, 0.4) is 0 Å². The number of carboxylic acid groups (broad SMARTS) is 1. The molecule has 0 aliphatic heterocycles. The van der Waals surface area contributed by atoms with Crippen molar-refractivity contribution < 1.29 is 9.90 Å². The highest BCUT2D eigenvalue weighted by atomic mass is 79.9. The van der Waals surface area contributed by atoms with Crippen molar-refractivity contribution >= 4 is 33.7 Å². The van der Waals surface area contributed by atoms with Gasteiger partial charge in [0.15, 0.2) is 11.0 Å². The molecule has 0 amide bonds. The summed E-state index contributed by atoms with van der Waals surface area (Å²) in [5, 5.41) is 17.9. The molecule has 0 aliphatic carbocycles. The number of aryl methyl sites for hydroxylation is 1. The van der Waals surface area contributed by atoms with E-state index in [2.05, 4.69) is 26.1 Å². The van der Waals surface area contributed by atoms with Gasteiger partial charge in [-0.1, -0.05) is 33.8 Å². The molecule has 0 atom stereocenters. The number of hydrogen-bond acceptors (Lipinski definition) is 4. The summed E-state index contributed by atoms with van der Waals surface area (Å²) in [6.07, 6.45) is 0. The second kappa shape index (κ2) is 6.62. The summed E-state index contributed by atoms with van der Waals surface area (Å²) >= 11 is 4.66. The minimum absolute atomic E-state index is 0.0255. The lowest BCUT2D eigenvalue weighted by Gasteiger charge is -2.14. The Morgan fingerprint density at radius 1 is 1.43 bits per heavy atom. The Labute approximate surface area is 135 Å². The summed E-state index contributed by atoms with van der Waals surface area (Å²) in [6.45, 7) is 6.08. The Hall–Kier alpha value is -1.34. The van der Waals surface area contributed by atoms with E-state index in [1.54, 1.807) is 0 Å². The molecule has 0 bridgehead atoms. The molecule has 0 spiro atoms. The Morgan fingerprint density at radius 2 is 2.14 bits per heavy atom. The molecule has 1 aromatic carbocycles. The molecule has 1 heterocycles. The maximum atomic E-state index is 10.7. The second-order valence-corrected chi connectivity index (χ2v) is 6.77. The fourth-order valence-electron chi connectivity index (χ4n) is 1.99. The maximum absolute atomic E-state index is 10.7. The zero-order valence-corrected chi connectivity index (χ0v) is 14.4. The molecule has 112 valence electrons. The molecule has 0 fully saturated rings. The minimum atomic E-state index is -0.863. The first-order valence-electron chi connectivity index (χ1n) is 6.46. The average molecular weight is 370 g/mol. The van der Waals surface area contributed by atoms with Crippen molar-refractivity contribution in [2.45, 2.75) is 32.0 Å². The van der Waals surface area contributed by atoms with Crippen molar-refractivity contribution in [2.24, 2.45) is 0 Å². The molecule has 0 aliphatic rings. The van der Waals surface area contributed by atoms with Gasteiger partial charge in [0.05, 0.1) is 5.75 Å². The highest BCUT2D eigenvalue weighted by molar-refractivity contribution is 9.10. The third-order valence-corrected chi connectivity index (χ3v) is 4.37. The third-order valence-electron chi connectivity index (χ3n) is 2.95. The number of halogens is 1. The van der Waals surface area contributed by atoms with Crippen LogP contribution < -0.4 is 0 Å². The van der Waals surface area contributed by atoms with E-state index in [0.29, 0.717) is 5.16 Å². The van der Waals surface area contributed by atoms with Crippen molar-refractivity contribution in [3.63, 3.8) is 0 Å². The van der Waals surface area contributed by atoms with Gasteiger partial charge < -0.3 is 5.11 Å². The van der Waals surface area contributed by atoms with Crippen LogP contribution in [0, 0.1) is 6.92 Å². The van der Waals surface area contributed by atoms with Crippen LogP contribution in [-0.2, 0) is 4.79 Å². The number of aliphatic carboxylic acids is 1. The van der Waals surface area contributed by atoms with Crippen LogP contribution in [0.15, 0.2) is 27.8 Å². The number of carbonyl (C=O) groups is 1. The number of carboxylic acids is 1. The molecule has 2 aromatic rings. The first-order valence-corrected chi connectivity index (χ1v) is 8.24. The smallest absolute Gasteiger partial charge is 0.313 e. The largest absolute Gasteiger partial charge is 0.481 e. The van der Waals surface area contributed by atoms with Crippen LogP contribution in [0.1, 0.15) is 25.5 Å². The number of benzene rings is 1. The quantitative estimate of drug-likeness (QED) is 0.812. The fraction of sp³-hybridized carbons (Fsp3) is 0.357. The average Bonchev–Trinajstić information content (AvgIpc) is 2.83. The van der Waals surface area contributed by atoms with E-state index in [4.69, 9.17) is 5.11 Å². The molecule has 5 nitrogen and oxygen atoms in total. The molecule has 0 saturated heterocycles. The lowest BCUT2D eigenvalue weighted by molar-refractivity contribution is -0.133. The molecular weight excluding hydrogens is 354 g/mol. The lowest BCUT2D eigenvalue weighted by Crippen LogP contribution is -2.07. The van der Waals surface area contributed by atoms with E-state index in [1.807, 2.05) is 43.5 Å². The number of aromatic nitrogens is 3. The molecule has 2 rings (SSSR count). The van der Waals surface area contributed by atoms with Crippen molar-refractivity contribution in [3.05, 3.63) is 28.2 Å². The fourth-order valence-corrected chi connectivity index (χ4v) is 3.13. The van der Waals surface area contributed by atoms with Crippen LogP contribution >= 0.6 is 27.7 Å². The topological polar surface area (TPSA) is 68.0 Å². The van der Waals surface area contributed by atoms with Crippen LogP contribution in [0.5, 0.6) is 0 Å². The lowest BCUT2D eigenvalue weighted by atomic mass is 10.1. The van der Waals surface area contributed by atoms with Gasteiger partial charge in [-0.15, -0.1) is 10.2 Å². The Morgan fingerprint density at radius 3 is 2.76 bits per heavy atom. The summed E-state index contributed by atoms with van der Waals surface area (Å²) in [5.74, 6) is -0.127. The molecule has 1 N–H and O–H groups in total.